The summed E-state index contributed by atoms with van der Waals surface area (Å²) in [4.78, 5) is 58.9. The van der Waals surface area contributed by atoms with Gasteiger partial charge in [-0.05, 0) is 62.6 Å². The van der Waals surface area contributed by atoms with Gasteiger partial charge in [0, 0.05) is 23.7 Å². The fraction of sp³-hybridized carbons (Fsp3) is 0.344. The third-order valence-corrected chi connectivity index (χ3v) is 7.46. The van der Waals surface area contributed by atoms with Crippen LogP contribution < -0.4 is 10.1 Å². The van der Waals surface area contributed by atoms with Crippen LogP contribution in [0.4, 0.5) is 4.79 Å². The Kier molecular flexibility index (Phi) is 8.41. The minimum absolute atomic E-state index is 0.100. The molecule has 2 aromatic carbocycles. The van der Waals surface area contributed by atoms with Crippen molar-refractivity contribution in [2.24, 2.45) is 4.99 Å². The molecule has 2 N–H and O–H groups in total. The van der Waals surface area contributed by atoms with Crippen LogP contribution >= 0.6 is 11.6 Å². The van der Waals surface area contributed by atoms with E-state index in [2.05, 4.69) is 11.4 Å². The SMILES string of the molecule is CC(C)(C)Oc1cc(C(=O)CC(=O)O)ccc1C1=NC(C2=CCC=C2)C(c2ccc(Cl)cc2)N1C(=O)N1CCNC(=O)C1. The molecule has 3 amide bonds. The van der Waals surface area contributed by atoms with Crippen molar-refractivity contribution in [2.75, 3.05) is 19.6 Å². The maximum absolute atomic E-state index is 14.4. The standard InChI is InChI=1S/C32H33ClN4O6/c1-32(2,3)43-25-16-21(24(38)17-27(40)41)10-13-23(25)30-35-28(19-6-4-5-7-19)29(20-8-11-22(33)12-9-20)37(30)31(42)36-15-14-34-26(39)18-36/h4,6-13,16,28-29H,5,14-15,17-18H2,1-3H3,(H,34,39)(H,40,41). The zero-order chi connectivity index (χ0) is 30.9. The highest BCUT2D eigenvalue weighted by Gasteiger charge is 2.45. The minimum Gasteiger partial charge on any atom is -0.487 e. The predicted molar refractivity (Wildman–Crippen MR) is 162 cm³/mol. The number of carboxylic acids is 1. The van der Waals surface area contributed by atoms with Gasteiger partial charge in [-0.2, -0.15) is 0 Å². The Hall–Kier alpha value is -4.44. The number of amides is 3. The molecule has 2 aromatic rings. The van der Waals surface area contributed by atoms with Crippen molar-refractivity contribution in [3.63, 3.8) is 0 Å². The molecular weight excluding hydrogens is 572 g/mol. The molecule has 2 atom stereocenters. The van der Waals surface area contributed by atoms with Crippen molar-refractivity contribution in [2.45, 2.75) is 51.3 Å². The topological polar surface area (TPSA) is 129 Å². The summed E-state index contributed by atoms with van der Waals surface area (Å²) in [6.07, 6.45) is 6.16. The predicted octanol–water partition coefficient (Wildman–Crippen LogP) is 4.78. The molecule has 0 spiro atoms. The molecule has 10 nitrogen and oxygen atoms in total. The number of Topliss-reactive ketones (excluding diaryl/α,β-unsaturated/α-hetero) is 1. The van der Waals surface area contributed by atoms with E-state index in [1.54, 1.807) is 23.1 Å². The minimum atomic E-state index is -1.23. The number of aliphatic imine (C=N–C) groups is 1. The van der Waals surface area contributed by atoms with Crippen LogP contribution in [0.3, 0.4) is 0 Å². The van der Waals surface area contributed by atoms with Crippen LogP contribution in [0.1, 0.15) is 61.1 Å². The Balaban J connectivity index is 1.69. The fourth-order valence-electron chi connectivity index (χ4n) is 5.38. The molecule has 1 aliphatic carbocycles. The molecule has 1 saturated heterocycles. The zero-order valence-electron chi connectivity index (χ0n) is 24.2. The Morgan fingerprint density at radius 3 is 2.51 bits per heavy atom. The lowest BCUT2D eigenvalue weighted by molar-refractivity contribution is -0.136. The van der Waals surface area contributed by atoms with Crippen LogP contribution in [-0.2, 0) is 9.59 Å². The molecule has 1 fully saturated rings. The number of hydrogen-bond acceptors (Lipinski definition) is 6. The zero-order valence-corrected chi connectivity index (χ0v) is 24.9. The van der Waals surface area contributed by atoms with Crippen LogP contribution in [0.2, 0.25) is 5.02 Å². The summed E-state index contributed by atoms with van der Waals surface area (Å²) in [5.74, 6) is -1.46. The van der Waals surface area contributed by atoms with Gasteiger partial charge in [-0.1, -0.05) is 48.0 Å². The number of carbonyl (C=O) groups is 4. The van der Waals surface area contributed by atoms with Gasteiger partial charge >= 0.3 is 12.0 Å². The van der Waals surface area contributed by atoms with E-state index in [9.17, 15) is 24.3 Å². The number of allylic oxidation sites excluding steroid dienone is 2. The van der Waals surface area contributed by atoms with Crippen LogP contribution in [0.25, 0.3) is 0 Å². The normalized spacial score (nSPS) is 20.0. The number of aliphatic carboxylic acids is 1. The number of urea groups is 1. The maximum Gasteiger partial charge on any atom is 0.326 e. The quantitative estimate of drug-likeness (QED) is 0.346. The third kappa shape index (κ3) is 6.64. The first kappa shape index (κ1) is 30.0. The van der Waals surface area contributed by atoms with Gasteiger partial charge in [-0.3, -0.25) is 24.3 Å². The summed E-state index contributed by atoms with van der Waals surface area (Å²) in [5.41, 5.74) is 1.67. The number of carboxylic acid groups (broad SMARTS) is 1. The van der Waals surface area contributed by atoms with E-state index >= 15 is 0 Å². The second-order valence-corrected chi connectivity index (χ2v) is 12.0. The lowest BCUT2D eigenvalue weighted by atomic mass is 9.94. The number of benzene rings is 2. The van der Waals surface area contributed by atoms with Crippen molar-refractivity contribution in [1.29, 1.82) is 0 Å². The Morgan fingerprint density at radius 1 is 1.14 bits per heavy atom. The second-order valence-electron chi connectivity index (χ2n) is 11.6. The fourth-order valence-corrected chi connectivity index (χ4v) is 5.50. The summed E-state index contributed by atoms with van der Waals surface area (Å²) in [6.45, 7) is 6.10. The molecule has 224 valence electrons. The molecule has 2 heterocycles. The highest BCUT2D eigenvalue weighted by molar-refractivity contribution is 6.30. The molecule has 43 heavy (non-hydrogen) atoms. The molecule has 11 heteroatoms. The monoisotopic (exact) mass is 604 g/mol. The van der Waals surface area contributed by atoms with Crippen molar-refractivity contribution < 1.29 is 29.0 Å². The molecule has 0 saturated carbocycles. The highest BCUT2D eigenvalue weighted by Crippen LogP contribution is 2.42. The molecule has 0 aromatic heterocycles. The Morgan fingerprint density at radius 2 is 1.88 bits per heavy atom. The van der Waals surface area contributed by atoms with E-state index in [1.165, 1.54) is 17.0 Å². The summed E-state index contributed by atoms with van der Waals surface area (Å²) in [6, 6.07) is 10.5. The van der Waals surface area contributed by atoms with Crippen molar-refractivity contribution >= 4 is 41.1 Å². The van der Waals surface area contributed by atoms with Gasteiger partial charge < -0.3 is 20.1 Å². The number of nitrogens with one attached hydrogen (secondary N) is 1. The van der Waals surface area contributed by atoms with Gasteiger partial charge in [0.15, 0.2) is 5.78 Å². The van der Waals surface area contributed by atoms with E-state index in [0.29, 0.717) is 29.5 Å². The summed E-state index contributed by atoms with van der Waals surface area (Å²) in [5, 5.41) is 12.5. The number of halogens is 1. The average Bonchev–Trinajstić information content (AvgIpc) is 3.60. The van der Waals surface area contributed by atoms with Gasteiger partial charge in [0.1, 0.15) is 36.2 Å². The van der Waals surface area contributed by atoms with E-state index < -0.39 is 41.9 Å². The number of carbonyl (C=O) groups excluding carboxylic acids is 3. The number of hydrogen-bond donors (Lipinski definition) is 2. The summed E-state index contributed by atoms with van der Waals surface area (Å²) in [7, 11) is 0. The van der Waals surface area contributed by atoms with Gasteiger partial charge in [0.2, 0.25) is 5.91 Å². The van der Waals surface area contributed by atoms with Crippen LogP contribution in [0.15, 0.2) is 71.3 Å². The van der Waals surface area contributed by atoms with Crippen molar-refractivity contribution in [3.05, 3.63) is 88.0 Å². The van der Waals surface area contributed by atoms with Gasteiger partial charge in [0.05, 0.1) is 11.6 Å². The first-order valence-electron chi connectivity index (χ1n) is 14.0. The number of ketones is 1. The largest absolute Gasteiger partial charge is 0.487 e. The van der Waals surface area contributed by atoms with Gasteiger partial charge in [-0.25, -0.2) is 4.79 Å². The number of ether oxygens (including phenoxy) is 1. The van der Waals surface area contributed by atoms with E-state index in [4.69, 9.17) is 21.3 Å². The van der Waals surface area contributed by atoms with Crippen molar-refractivity contribution in [3.8, 4) is 5.75 Å². The Labute approximate surface area is 254 Å². The molecule has 2 unspecified atom stereocenters. The van der Waals surface area contributed by atoms with Crippen LogP contribution in [-0.4, -0.2) is 75.7 Å². The van der Waals surface area contributed by atoms with Crippen LogP contribution in [0.5, 0.6) is 5.75 Å². The van der Waals surface area contributed by atoms with E-state index in [0.717, 1.165) is 17.6 Å². The second kappa shape index (κ2) is 12.0. The lowest BCUT2D eigenvalue weighted by Gasteiger charge is -2.36. The summed E-state index contributed by atoms with van der Waals surface area (Å²) < 4.78 is 6.31. The first-order valence-corrected chi connectivity index (χ1v) is 14.4. The number of nitrogens with zero attached hydrogens (tertiary/aromatic N) is 3. The van der Waals surface area contributed by atoms with Gasteiger partial charge in [0.25, 0.3) is 0 Å². The van der Waals surface area contributed by atoms with Gasteiger partial charge in [-0.15, -0.1) is 0 Å². The molecule has 5 rings (SSSR count). The van der Waals surface area contributed by atoms with Crippen molar-refractivity contribution in [1.82, 2.24) is 15.1 Å². The van der Waals surface area contributed by atoms with Crippen LogP contribution in [0, 0.1) is 0 Å². The molecular formula is C32H33ClN4O6. The molecule has 3 aliphatic rings. The van der Waals surface area contributed by atoms with E-state index in [-0.39, 0.29) is 23.8 Å². The van der Waals surface area contributed by atoms with E-state index in [1.807, 2.05) is 45.1 Å². The molecule has 2 aliphatic heterocycles. The number of rotatable bonds is 7. The first-order chi connectivity index (χ1) is 20.4. The third-order valence-electron chi connectivity index (χ3n) is 7.21. The maximum atomic E-state index is 14.4. The average molecular weight is 605 g/mol. The molecule has 0 bridgehead atoms. The molecule has 0 radical (unpaired) electrons. The smallest absolute Gasteiger partial charge is 0.326 e. The summed E-state index contributed by atoms with van der Waals surface area (Å²) >= 11 is 6.23. The number of piperazine rings is 1. The lowest BCUT2D eigenvalue weighted by Crippen LogP contribution is -2.55. The highest BCUT2D eigenvalue weighted by atomic mass is 35.5. The Bertz CT molecular complexity index is 1560. The number of amidine groups is 1.